The van der Waals surface area contributed by atoms with Crippen LogP contribution in [0.2, 0.25) is 0 Å². The summed E-state index contributed by atoms with van der Waals surface area (Å²) in [6.45, 7) is 0.737. The van der Waals surface area contributed by atoms with E-state index >= 15 is 0 Å². The van der Waals surface area contributed by atoms with Gasteiger partial charge in [-0.25, -0.2) is 4.79 Å². The fourth-order valence-electron chi connectivity index (χ4n) is 2.74. The van der Waals surface area contributed by atoms with Gasteiger partial charge in [0.25, 0.3) is 0 Å². The van der Waals surface area contributed by atoms with Gasteiger partial charge in [-0.05, 0) is 40.8 Å². The molecule has 0 aromatic carbocycles. The number of rotatable bonds is 5. The van der Waals surface area contributed by atoms with Crippen molar-refractivity contribution in [3.05, 3.63) is 28.0 Å². The van der Waals surface area contributed by atoms with E-state index in [-0.39, 0.29) is 17.5 Å². The zero-order chi connectivity index (χ0) is 15.4. The maximum atomic E-state index is 12.1. The van der Waals surface area contributed by atoms with Crippen LogP contribution in [0.4, 0.5) is 0 Å². The maximum Gasteiger partial charge on any atom is 0.369 e. The van der Waals surface area contributed by atoms with Gasteiger partial charge in [-0.15, -0.1) is 11.3 Å². The van der Waals surface area contributed by atoms with Crippen molar-refractivity contribution in [3.8, 4) is 5.00 Å². The third-order valence-electron chi connectivity index (χ3n) is 3.95. The van der Waals surface area contributed by atoms with Gasteiger partial charge in [0.1, 0.15) is 5.00 Å². The molecule has 1 aliphatic rings. The van der Waals surface area contributed by atoms with Gasteiger partial charge in [0.2, 0.25) is 5.91 Å². The van der Waals surface area contributed by atoms with Gasteiger partial charge in [-0.2, -0.15) is 9.36 Å². The highest BCUT2D eigenvalue weighted by molar-refractivity contribution is 7.12. The van der Waals surface area contributed by atoms with E-state index in [9.17, 15) is 9.59 Å². The molecule has 7 nitrogen and oxygen atoms in total. The monoisotopic (exact) mass is 321 g/mol. The molecule has 2 aromatic heterocycles. The molecule has 0 radical (unpaired) electrons. The van der Waals surface area contributed by atoms with Crippen LogP contribution in [0, 0.1) is 5.92 Å². The number of carbonyl (C=O) groups is 1. The molecule has 0 aliphatic heterocycles. The molecule has 0 bridgehead atoms. The van der Waals surface area contributed by atoms with E-state index in [4.69, 9.17) is 0 Å². The van der Waals surface area contributed by atoms with E-state index in [0.717, 1.165) is 30.7 Å². The third kappa shape index (κ3) is 3.27. The number of hydrogen-bond donors (Lipinski definition) is 1. The summed E-state index contributed by atoms with van der Waals surface area (Å²) in [5.74, 6) is 0.227. The Morgan fingerprint density at radius 1 is 1.32 bits per heavy atom. The minimum atomic E-state index is -0.283. The van der Waals surface area contributed by atoms with Crippen LogP contribution in [0.3, 0.4) is 0 Å². The lowest BCUT2D eigenvalue weighted by atomic mass is 9.89. The Labute approximate surface area is 131 Å². The van der Waals surface area contributed by atoms with E-state index in [1.54, 1.807) is 0 Å². The molecule has 3 rings (SSSR count). The van der Waals surface area contributed by atoms with Crippen molar-refractivity contribution in [1.82, 2.24) is 25.1 Å². The van der Waals surface area contributed by atoms with Gasteiger partial charge >= 0.3 is 5.69 Å². The number of nitrogens with one attached hydrogen (secondary N) is 1. The first-order valence-corrected chi connectivity index (χ1v) is 8.48. The quantitative estimate of drug-likeness (QED) is 0.897. The Balaban J connectivity index is 1.54. The zero-order valence-electron chi connectivity index (χ0n) is 12.3. The van der Waals surface area contributed by atoms with Crippen LogP contribution in [-0.2, 0) is 11.3 Å². The summed E-state index contributed by atoms with van der Waals surface area (Å²) >= 11 is 1.43. The maximum absolute atomic E-state index is 12.1. The van der Waals surface area contributed by atoms with Gasteiger partial charge in [0, 0.05) is 12.5 Å². The fourth-order valence-corrected chi connectivity index (χ4v) is 3.41. The first kappa shape index (κ1) is 15.0. The average molecular weight is 321 g/mol. The second kappa shape index (κ2) is 6.87. The highest BCUT2D eigenvalue weighted by Gasteiger charge is 2.20. The van der Waals surface area contributed by atoms with Gasteiger partial charge in [-0.1, -0.05) is 19.3 Å². The molecule has 1 N–H and O–H groups in total. The summed E-state index contributed by atoms with van der Waals surface area (Å²) in [6, 6.07) is 3.67. The molecule has 2 aromatic rings. The normalized spacial score (nSPS) is 15.8. The zero-order valence-corrected chi connectivity index (χ0v) is 13.1. The Kier molecular flexibility index (Phi) is 4.67. The highest BCUT2D eigenvalue weighted by atomic mass is 32.1. The Bertz CT molecular complexity index is 670. The van der Waals surface area contributed by atoms with E-state index in [0.29, 0.717) is 13.1 Å². The summed E-state index contributed by atoms with van der Waals surface area (Å²) in [4.78, 5) is 24.2. The fraction of sp³-hybridized carbons (Fsp3) is 0.571. The predicted molar refractivity (Wildman–Crippen MR) is 83.1 cm³/mol. The molecule has 1 saturated carbocycles. The number of tetrazole rings is 1. The summed E-state index contributed by atoms with van der Waals surface area (Å²) in [5, 5.41) is 13.2. The molecule has 118 valence electrons. The first-order valence-electron chi connectivity index (χ1n) is 7.60. The van der Waals surface area contributed by atoms with Gasteiger partial charge in [0.05, 0.1) is 6.54 Å². The summed E-state index contributed by atoms with van der Waals surface area (Å²) in [5.41, 5.74) is -0.283. The second-order valence-corrected chi connectivity index (χ2v) is 6.40. The predicted octanol–water partition coefficient (Wildman–Crippen LogP) is 1.19. The Morgan fingerprint density at radius 2 is 2.14 bits per heavy atom. The molecule has 0 saturated heterocycles. The lowest BCUT2D eigenvalue weighted by Crippen LogP contribution is -2.36. The van der Waals surface area contributed by atoms with Crippen molar-refractivity contribution in [2.24, 2.45) is 5.92 Å². The molecule has 0 atom stereocenters. The molecule has 0 spiro atoms. The second-order valence-electron chi connectivity index (χ2n) is 5.47. The van der Waals surface area contributed by atoms with Crippen LogP contribution in [0.1, 0.15) is 32.1 Å². The molecule has 1 amide bonds. The third-order valence-corrected chi connectivity index (χ3v) is 4.80. The van der Waals surface area contributed by atoms with Crippen molar-refractivity contribution < 1.29 is 4.79 Å². The average Bonchev–Trinajstić information content (AvgIpc) is 3.18. The summed E-state index contributed by atoms with van der Waals surface area (Å²) in [6.07, 6.45) is 5.44. The molecule has 22 heavy (non-hydrogen) atoms. The molecule has 1 aliphatic carbocycles. The molecule has 2 heterocycles. The number of carbonyl (C=O) groups excluding carboxylic acids is 1. The lowest BCUT2D eigenvalue weighted by Gasteiger charge is -2.20. The standard InChI is InChI=1S/C14H19N5O2S/c20-13(11-5-2-1-3-6-11)15-8-9-18-14(21)19(17-16-18)12-7-4-10-22-12/h4,7,10-11H,1-3,5-6,8-9H2,(H,15,20). The van der Waals surface area contributed by atoms with Gasteiger partial charge < -0.3 is 5.32 Å². The largest absolute Gasteiger partial charge is 0.369 e. The van der Waals surface area contributed by atoms with Crippen molar-refractivity contribution in [3.63, 3.8) is 0 Å². The highest BCUT2D eigenvalue weighted by Crippen LogP contribution is 2.23. The number of aromatic nitrogens is 4. The van der Waals surface area contributed by atoms with Crippen molar-refractivity contribution >= 4 is 17.2 Å². The molecular formula is C14H19N5O2S. The van der Waals surface area contributed by atoms with Crippen LogP contribution < -0.4 is 11.0 Å². The smallest absolute Gasteiger partial charge is 0.354 e. The van der Waals surface area contributed by atoms with E-state index < -0.39 is 0 Å². The number of amides is 1. The van der Waals surface area contributed by atoms with Crippen molar-refractivity contribution in [2.45, 2.75) is 38.6 Å². The van der Waals surface area contributed by atoms with Crippen LogP contribution >= 0.6 is 11.3 Å². The van der Waals surface area contributed by atoms with Gasteiger partial charge in [-0.3, -0.25) is 4.79 Å². The minimum Gasteiger partial charge on any atom is -0.354 e. The van der Waals surface area contributed by atoms with E-state index in [1.165, 1.54) is 27.1 Å². The number of thiophene rings is 1. The summed E-state index contributed by atoms with van der Waals surface area (Å²) < 4.78 is 2.55. The summed E-state index contributed by atoms with van der Waals surface area (Å²) in [7, 11) is 0. The first-order chi connectivity index (χ1) is 10.8. The molecule has 8 heteroatoms. The van der Waals surface area contributed by atoms with Crippen molar-refractivity contribution in [1.29, 1.82) is 0 Å². The number of nitrogens with zero attached hydrogens (tertiary/aromatic N) is 4. The van der Waals surface area contributed by atoms with Crippen LogP contribution in [0.15, 0.2) is 22.3 Å². The van der Waals surface area contributed by atoms with Crippen molar-refractivity contribution in [2.75, 3.05) is 6.54 Å². The molecule has 0 unspecified atom stereocenters. The van der Waals surface area contributed by atoms with Crippen LogP contribution in [-0.4, -0.2) is 32.2 Å². The SMILES string of the molecule is O=C(NCCn1nnn(-c2cccs2)c1=O)C1CCCCC1. The lowest BCUT2D eigenvalue weighted by molar-refractivity contribution is -0.125. The topological polar surface area (TPSA) is 81.8 Å². The van der Waals surface area contributed by atoms with E-state index in [1.807, 2.05) is 17.5 Å². The Morgan fingerprint density at radius 3 is 2.86 bits per heavy atom. The molecule has 1 fully saturated rings. The van der Waals surface area contributed by atoms with E-state index in [2.05, 4.69) is 15.7 Å². The number of hydrogen-bond acceptors (Lipinski definition) is 5. The molecular weight excluding hydrogens is 302 g/mol. The van der Waals surface area contributed by atoms with Gasteiger partial charge in [0.15, 0.2) is 0 Å². The van der Waals surface area contributed by atoms with Crippen LogP contribution in [0.5, 0.6) is 0 Å². The Hall–Kier alpha value is -1.96. The minimum absolute atomic E-state index is 0.0957. The van der Waals surface area contributed by atoms with Crippen LogP contribution in [0.25, 0.3) is 5.00 Å².